The van der Waals surface area contributed by atoms with Crippen LogP contribution >= 0.6 is 7.26 Å². The molecule has 5 rings (SSSR count). The summed E-state index contributed by atoms with van der Waals surface area (Å²) >= 11 is 0. The third-order valence-electron chi connectivity index (χ3n) is 5.68. The normalized spacial score (nSPS) is 11.3. The van der Waals surface area contributed by atoms with Crippen molar-refractivity contribution in [2.24, 2.45) is 0 Å². The van der Waals surface area contributed by atoms with E-state index in [1.807, 2.05) is 18.2 Å². The van der Waals surface area contributed by atoms with Gasteiger partial charge in [0.1, 0.15) is 40.7 Å². The average molecular weight is 418 g/mol. The summed E-state index contributed by atoms with van der Waals surface area (Å²) in [5.74, 6) is 0.940. The number of hydrogen-bond acceptors (Lipinski definition) is 2. The van der Waals surface area contributed by atoms with E-state index in [0.717, 1.165) is 22.9 Å². The van der Waals surface area contributed by atoms with Crippen molar-refractivity contribution in [3.8, 4) is 6.07 Å². The lowest BCUT2D eigenvalue weighted by Crippen LogP contribution is -2.32. The number of nitrogens with zero attached hydrogens (tertiary/aromatic N) is 1. The van der Waals surface area contributed by atoms with Crippen LogP contribution in [0.15, 0.2) is 120 Å². The Morgan fingerprint density at radius 1 is 0.645 bits per heavy atom. The van der Waals surface area contributed by atoms with E-state index in [2.05, 4.69) is 103 Å². The van der Waals surface area contributed by atoms with Crippen molar-refractivity contribution in [3.05, 3.63) is 127 Å². The predicted molar refractivity (Wildman–Crippen MR) is 130 cm³/mol. The van der Waals surface area contributed by atoms with Gasteiger partial charge in [0.05, 0.1) is 11.6 Å². The van der Waals surface area contributed by atoms with Gasteiger partial charge in [0.2, 0.25) is 0 Å². The number of nitriles is 1. The zero-order valence-corrected chi connectivity index (χ0v) is 17.9. The number of benzene rings is 4. The molecule has 5 aromatic rings. The Labute approximate surface area is 182 Å². The van der Waals surface area contributed by atoms with Gasteiger partial charge in [-0.25, -0.2) is 0 Å². The lowest BCUT2D eigenvalue weighted by atomic mass is 10.2. The lowest BCUT2D eigenvalue weighted by Gasteiger charge is -2.26. The van der Waals surface area contributed by atoms with Gasteiger partial charge in [0.15, 0.2) is 0 Å². The Balaban J connectivity index is 1.75. The Morgan fingerprint density at radius 3 is 1.65 bits per heavy atom. The van der Waals surface area contributed by atoms with Gasteiger partial charge in [0.25, 0.3) is 0 Å². The molecule has 0 spiro atoms. The van der Waals surface area contributed by atoms with E-state index in [1.54, 1.807) is 0 Å². The van der Waals surface area contributed by atoms with Gasteiger partial charge in [-0.2, -0.15) is 5.26 Å². The Hall–Kier alpha value is -3.66. The number of fused-ring (bicyclic) bond motifs is 1. The van der Waals surface area contributed by atoms with E-state index >= 15 is 0 Å². The second-order valence-electron chi connectivity index (χ2n) is 7.55. The minimum atomic E-state index is -2.01. The fraction of sp³-hybridized carbons (Fsp3) is 0.0357. The topological polar surface area (TPSA) is 36.9 Å². The highest BCUT2D eigenvalue weighted by molar-refractivity contribution is 7.95. The fourth-order valence-electron chi connectivity index (χ4n) is 4.25. The van der Waals surface area contributed by atoms with Crippen LogP contribution in [0, 0.1) is 11.3 Å². The predicted octanol–water partition coefficient (Wildman–Crippen LogP) is 5.80. The summed E-state index contributed by atoms with van der Waals surface area (Å²) in [5, 5.41) is 14.2. The summed E-state index contributed by atoms with van der Waals surface area (Å²) < 4.78 is 6.31. The van der Waals surface area contributed by atoms with Gasteiger partial charge in [-0.1, -0.05) is 54.6 Å². The van der Waals surface area contributed by atoms with Crippen LogP contribution in [0.4, 0.5) is 0 Å². The van der Waals surface area contributed by atoms with Gasteiger partial charge in [-0.3, -0.25) is 0 Å². The largest absolute Gasteiger partial charge is 0.457 e. The molecule has 0 amide bonds. The Morgan fingerprint density at radius 2 is 1.16 bits per heavy atom. The second kappa shape index (κ2) is 8.23. The first kappa shape index (κ1) is 19.3. The van der Waals surface area contributed by atoms with Crippen LogP contribution in [0.1, 0.15) is 11.3 Å². The molecular formula is C28H21NOP+. The summed E-state index contributed by atoms with van der Waals surface area (Å²) in [7, 11) is -2.01. The van der Waals surface area contributed by atoms with Crippen LogP contribution in [0.3, 0.4) is 0 Å². The van der Waals surface area contributed by atoms with Gasteiger partial charge < -0.3 is 4.42 Å². The van der Waals surface area contributed by atoms with Crippen LogP contribution < -0.4 is 15.9 Å². The van der Waals surface area contributed by atoms with Crippen molar-refractivity contribution >= 4 is 34.1 Å². The minimum Gasteiger partial charge on any atom is -0.457 e. The molecule has 0 aliphatic rings. The maximum absolute atomic E-state index is 9.26. The molecule has 0 N–H and O–H groups in total. The van der Waals surface area contributed by atoms with Gasteiger partial charge >= 0.3 is 0 Å². The molecule has 148 valence electrons. The molecule has 0 fully saturated rings. The molecule has 0 aliphatic heterocycles. The zero-order chi connectivity index (χ0) is 21.1. The number of hydrogen-bond donors (Lipinski definition) is 0. The van der Waals surface area contributed by atoms with Gasteiger partial charge in [0, 0.05) is 5.39 Å². The number of rotatable bonds is 5. The molecular weight excluding hydrogens is 397 g/mol. The van der Waals surface area contributed by atoms with Crippen molar-refractivity contribution in [2.75, 3.05) is 0 Å². The lowest BCUT2D eigenvalue weighted by molar-refractivity contribution is 0.573. The average Bonchev–Trinajstić information content (AvgIpc) is 3.25. The second-order valence-corrected chi connectivity index (χ2v) is 11.0. The summed E-state index contributed by atoms with van der Waals surface area (Å²) in [6, 6.07) is 42.3. The molecule has 1 aromatic heterocycles. The number of furan rings is 1. The molecule has 0 unspecified atom stereocenters. The zero-order valence-electron chi connectivity index (χ0n) is 17.0. The van der Waals surface area contributed by atoms with Crippen LogP contribution in [0.25, 0.3) is 11.0 Å². The van der Waals surface area contributed by atoms with Crippen LogP contribution in [-0.2, 0) is 6.16 Å². The quantitative estimate of drug-likeness (QED) is 0.338. The van der Waals surface area contributed by atoms with E-state index in [-0.39, 0.29) is 0 Å². The van der Waals surface area contributed by atoms with Crippen LogP contribution in [-0.4, -0.2) is 0 Å². The molecule has 0 saturated heterocycles. The third-order valence-corrected chi connectivity index (χ3v) is 10.0. The van der Waals surface area contributed by atoms with Crippen molar-refractivity contribution in [1.29, 1.82) is 5.26 Å². The van der Waals surface area contributed by atoms with Gasteiger partial charge in [-0.05, 0) is 60.7 Å². The van der Waals surface area contributed by atoms with E-state index < -0.39 is 7.26 Å². The smallest absolute Gasteiger partial charge is 0.143 e. The molecule has 0 bridgehead atoms. The summed E-state index contributed by atoms with van der Waals surface area (Å²) in [6.45, 7) is 0. The first-order valence-electron chi connectivity index (χ1n) is 10.3. The molecule has 0 aliphatic carbocycles. The minimum absolute atomic E-state index is 0.648. The Kier molecular flexibility index (Phi) is 5.13. The van der Waals surface area contributed by atoms with Crippen molar-refractivity contribution < 1.29 is 4.42 Å². The monoisotopic (exact) mass is 418 g/mol. The highest BCUT2D eigenvalue weighted by Gasteiger charge is 2.46. The summed E-state index contributed by atoms with van der Waals surface area (Å²) in [4.78, 5) is 0. The van der Waals surface area contributed by atoms with Crippen molar-refractivity contribution in [3.63, 3.8) is 0 Å². The standard InChI is InChI=1S/C28H21NOP/c29-20-22-16-17-28-23(18-22)19-24(30-28)21-31(25-10-4-1-5-11-25,26-12-6-2-7-13-26)27-14-8-3-9-15-27/h1-19H,21H2/q+1. The maximum Gasteiger partial charge on any atom is 0.143 e. The molecule has 0 saturated carbocycles. The highest BCUT2D eigenvalue weighted by Crippen LogP contribution is 2.58. The molecule has 31 heavy (non-hydrogen) atoms. The van der Waals surface area contributed by atoms with Crippen LogP contribution in [0.2, 0.25) is 0 Å². The van der Waals surface area contributed by atoms with E-state index in [9.17, 15) is 5.26 Å². The summed E-state index contributed by atoms with van der Waals surface area (Å²) in [6.07, 6.45) is 0.779. The Bertz CT molecular complexity index is 1260. The summed E-state index contributed by atoms with van der Waals surface area (Å²) in [5.41, 5.74) is 1.47. The van der Waals surface area contributed by atoms with E-state index in [4.69, 9.17) is 4.42 Å². The maximum atomic E-state index is 9.26. The molecule has 2 nitrogen and oxygen atoms in total. The van der Waals surface area contributed by atoms with E-state index in [1.165, 1.54) is 15.9 Å². The molecule has 0 atom stereocenters. The van der Waals surface area contributed by atoms with Crippen LogP contribution in [0.5, 0.6) is 0 Å². The fourth-order valence-corrected chi connectivity index (χ4v) is 8.36. The molecule has 0 radical (unpaired) electrons. The first-order chi connectivity index (χ1) is 15.3. The molecule has 4 aromatic carbocycles. The highest BCUT2D eigenvalue weighted by atomic mass is 31.2. The van der Waals surface area contributed by atoms with Crippen molar-refractivity contribution in [1.82, 2.24) is 0 Å². The van der Waals surface area contributed by atoms with E-state index in [0.29, 0.717) is 5.56 Å². The SMILES string of the molecule is N#Cc1ccc2oc(C[P+](c3ccccc3)(c3ccccc3)c3ccccc3)cc2c1. The molecule has 3 heteroatoms. The first-order valence-corrected chi connectivity index (χ1v) is 12.2. The van der Waals surface area contributed by atoms with Gasteiger partial charge in [-0.15, -0.1) is 0 Å². The molecule has 1 heterocycles. The third kappa shape index (κ3) is 3.55. The van der Waals surface area contributed by atoms with Crippen molar-refractivity contribution in [2.45, 2.75) is 6.16 Å².